The van der Waals surface area contributed by atoms with Gasteiger partial charge in [-0.2, -0.15) is 4.98 Å². The van der Waals surface area contributed by atoms with Crippen molar-refractivity contribution in [3.05, 3.63) is 96.6 Å². The zero-order valence-corrected chi connectivity index (χ0v) is 17.4. The molecule has 4 rings (SSSR count). The Morgan fingerprint density at radius 1 is 0.844 bits per heavy atom. The van der Waals surface area contributed by atoms with Crippen LogP contribution in [0.5, 0.6) is 11.6 Å². The predicted octanol–water partition coefficient (Wildman–Crippen LogP) is 4.43. The Hall–Kier alpha value is -4.24. The number of ether oxygens (including phenoxy) is 1. The summed E-state index contributed by atoms with van der Waals surface area (Å²) < 4.78 is 33.6. The molecule has 160 valence electrons. The van der Waals surface area contributed by atoms with Crippen LogP contribution in [0.2, 0.25) is 0 Å². The van der Waals surface area contributed by atoms with Crippen molar-refractivity contribution in [3.8, 4) is 22.9 Å². The molecule has 0 saturated carbocycles. The van der Waals surface area contributed by atoms with Gasteiger partial charge in [0.1, 0.15) is 5.75 Å². The van der Waals surface area contributed by atoms with Crippen LogP contribution in [0.3, 0.4) is 0 Å². The van der Waals surface area contributed by atoms with Gasteiger partial charge in [-0.1, -0.05) is 48.5 Å². The average Bonchev–Trinajstić information content (AvgIpc) is 2.80. The number of hydrogen-bond donors (Lipinski definition) is 2. The number of aromatic carboxylic acids is 1. The highest BCUT2D eigenvalue weighted by Crippen LogP contribution is 2.27. The monoisotopic (exact) mass is 447 g/mol. The van der Waals surface area contributed by atoms with Crippen molar-refractivity contribution < 1.29 is 23.1 Å². The van der Waals surface area contributed by atoms with E-state index < -0.39 is 16.0 Å². The van der Waals surface area contributed by atoms with Gasteiger partial charge in [-0.15, -0.1) is 0 Å². The Labute approximate surface area is 184 Å². The zero-order chi connectivity index (χ0) is 22.6. The predicted molar refractivity (Wildman–Crippen MR) is 118 cm³/mol. The minimum absolute atomic E-state index is 0.0485. The van der Waals surface area contributed by atoms with E-state index in [1.54, 1.807) is 54.6 Å². The first-order chi connectivity index (χ1) is 15.4. The fourth-order valence-corrected chi connectivity index (χ4v) is 3.84. The van der Waals surface area contributed by atoms with Crippen LogP contribution < -0.4 is 9.46 Å². The summed E-state index contributed by atoms with van der Waals surface area (Å²) in [7, 11) is -3.95. The third-order valence-electron chi connectivity index (χ3n) is 4.35. The maximum atomic E-state index is 12.8. The largest absolute Gasteiger partial charge is 0.478 e. The van der Waals surface area contributed by atoms with Crippen molar-refractivity contribution in [2.45, 2.75) is 4.90 Å². The third-order valence-corrected chi connectivity index (χ3v) is 5.70. The summed E-state index contributed by atoms with van der Waals surface area (Å²) in [4.78, 5) is 19.9. The molecule has 1 aromatic heterocycles. The van der Waals surface area contributed by atoms with E-state index in [0.29, 0.717) is 17.0 Å². The van der Waals surface area contributed by atoms with E-state index in [4.69, 9.17) is 4.74 Å². The molecule has 0 atom stereocenters. The highest BCUT2D eigenvalue weighted by atomic mass is 32.2. The summed E-state index contributed by atoms with van der Waals surface area (Å²) in [5.41, 5.74) is 0.822. The second kappa shape index (κ2) is 8.86. The Kier molecular flexibility index (Phi) is 5.82. The molecule has 3 aromatic carbocycles. The molecule has 0 unspecified atom stereocenters. The first kappa shape index (κ1) is 21.0. The number of hydrogen-bond acceptors (Lipinski definition) is 6. The van der Waals surface area contributed by atoms with Crippen LogP contribution in [0.15, 0.2) is 95.9 Å². The number of carbonyl (C=O) groups is 1. The van der Waals surface area contributed by atoms with Gasteiger partial charge >= 0.3 is 5.97 Å². The van der Waals surface area contributed by atoms with E-state index in [1.165, 1.54) is 30.3 Å². The van der Waals surface area contributed by atoms with Gasteiger partial charge in [0.05, 0.1) is 16.2 Å². The third kappa shape index (κ3) is 4.90. The first-order valence-corrected chi connectivity index (χ1v) is 10.9. The van der Waals surface area contributed by atoms with Gasteiger partial charge in [0, 0.05) is 11.6 Å². The standard InChI is InChI=1S/C23H17N3O5S/c27-22(28)17-9-7-8-16(14-17)20-15-21(31-18-10-3-1-4-11-18)25-23(24-20)26-32(29,30)19-12-5-2-6-13-19/h1-15H,(H,27,28)(H,24,25,26). The van der Waals surface area contributed by atoms with Gasteiger partial charge in [0.15, 0.2) is 0 Å². The van der Waals surface area contributed by atoms with Crippen LogP contribution in [0.25, 0.3) is 11.3 Å². The molecule has 2 N–H and O–H groups in total. The van der Waals surface area contributed by atoms with Crippen molar-refractivity contribution in [1.82, 2.24) is 9.97 Å². The molecular formula is C23H17N3O5S. The fraction of sp³-hybridized carbons (Fsp3) is 0. The smallest absolute Gasteiger partial charge is 0.335 e. The second-order valence-corrected chi connectivity index (χ2v) is 8.32. The number of benzene rings is 3. The van der Waals surface area contributed by atoms with Crippen LogP contribution in [0.4, 0.5) is 5.95 Å². The molecule has 0 amide bonds. The Bertz CT molecular complexity index is 1360. The van der Waals surface area contributed by atoms with Gasteiger partial charge in [0.2, 0.25) is 11.8 Å². The lowest BCUT2D eigenvalue weighted by Gasteiger charge is -2.11. The quantitative estimate of drug-likeness (QED) is 0.430. The molecule has 0 aliphatic heterocycles. The molecule has 8 nitrogen and oxygen atoms in total. The number of rotatable bonds is 7. The van der Waals surface area contributed by atoms with Crippen molar-refractivity contribution in [3.63, 3.8) is 0 Å². The highest BCUT2D eigenvalue weighted by Gasteiger charge is 2.18. The van der Waals surface area contributed by atoms with Crippen LogP contribution in [0, 0.1) is 0 Å². The van der Waals surface area contributed by atoms with Crippen molar-refractivity contribution >= 4 is 21.9 Å². The first-order valence-electron chi connectivity index (χ1n) is 9.44. The molecule has 0 saturated heterocycles. The number of aromatic nitrogens is 2. The summed E-state index contributed by atoms with van der Waals surface area (Å²) in [5.74, 6) is -0.717. The maximum absolute atomic E-state index is 12.8. The number of nitrogens with one attached hydrogen (secondary N) is 1. The molecule has 32 heavy (non-hydrogen) atoms. The second-order valence-electron chi connectivity index (χ2n) is 6.63. The lowest BCUT2D eigenvalue weighted by Crippen LogP contribution is -2.15. The molecule has 1 heterocycles. The zero-order valence-electron chi connectivity index (χ0n) is 16.5. The van der Waals surface area contributed by atoms with E-state index in [9.17, 15) is 18.3 Å². The van der Waals surface area contributed by atoms with E-state index in [-0.39, 0.29) is 22.3 Å². The number of carboxylic acids is 1. The Balaban J connectivity index is 1.77. The van der Waals surface area contributed by atoms with Crippen LogP contribution >= 0.6 is 0 Å². The Morgan fingerprint density at radius 3 is 2.22 bits per heavy atom. The lowest BCUT2D eigenvalue weighted by molar-refractivity contribution is 0.0697. The molecule has 4 aromatic rings. The summed E-state index contributed by atoms with van der Waals surface area (Å²) in [6, 6.07) is 24.3. The number of para-hydroxylation sites is 1. The van der Waals surface area contributed by atoms with E-state index in [1.807, 2.05) is 6.07 Å². The molecule has 9 heteroatoms. The van der Waals surface area contributed by atoms with Gasteiger partial charge < -0.3 is 9.84 Å². The normalized spacial score (nSPS) is 11.0. The summed E-state index contributed by atoms with van der Waals surface area (Å²) in [6.07, 6.45) is 0. The van der Waals surface area contributed by atoms with Gasteiger partial charge in [-0.25, -0.2) is 22.9 Å². The summed E-state index contributed by atoms with van der Waals surface area (Å²) in [5, 5.41) is 9.29. The molecule has 0 bridgehead atoms. The van der Waals surface area contributed by atoms with Gasteiger partial charge in [-0.3, -0.25) is 0 Å². The number of anilines is 1. The van der Waals surface area contributed by atoms with Gasteiger partial charge in [-0.05, 0) is 36.4 Å². The summed E-state index contributed by atoms with van der Waals surface area (Å²) >= 11 is 0. The SMILES string of the molecule is O=C(O)c1cccc(-c2cc(Oc3ccccc3)nc(NS(=O)(=O)c3ccccc3)n2)c1. The number of sulfonamides is 1. The molecule has 0 aliphatic carbocycles. The maximum Gasteiger partial charge on any atom is 0.335 e. The molecular weight excluding hydrogens is 430 g/mol. The van der Waals surface area contributed by atoms with Crippen molar-refractivity contribution in [2.24, 2.45) is 0 Å². The minimum Gasteiger partial charge on any atom is -0.478 e. The molecule has 0 aliphatic rings. The van der Waals surface area contributed by atoms with Gasteiger partial charge in [0.25, 0.3) is 10.0 Å². The Morgan fingerprint density at radius 2 is 1.53 bits per heavy atom. The van der Waals surface area contributed by atoms with E-state index in [0.717, 1.165) is 0 Å². The minimum atomic E-state index is -3.95. The molecule has 0 fully saturated rings. The van der Waals surface area contributed by atoms with E-state index in [2.05, 4.69) is 14.7 Å². The lowest BCUT2D eigenvalue weighted by atomic mass is 10.1. The molecule has 0 spiro atoms. The number of carboxylic acid groups (broad SMARTS) is 1. The summed E-state index contributed by atoms with van der Waals surface area (Å²) in [6.45, 7) is 0. The van der Waals surface area contributed by atoms with Crippen LogP contribution in [0.1, 0.15) is 10.4 Å². The van der Waals surface area contributed by atoms with Crippen LogP contribution in [-0.2, 0) is 10.0 Å². The molecule has 0 radical (unpaired) electrons. The highest BCUT2D eigenvalue weighted by molar-refractivity contribution is 7.92. The van der Waals surface area contributed by atoms with Crippen molar-refractivity contribution in [2.75, 3.05) is 4.72 Å². The topological polar surface area (TPSA) is 118 Å². The fourth-order valence-electron chi connectivity index (χ4n) is 2.87. The van der Waals surface area contributed by atoms with Crippen molar-refractivity contribution in [1.29, 1.82) is 0 Å². The average molecular weight is 447 g/mol. The van der Waals surface area contributed by atoms with Crippen LogP contribution in [-0.4, -0.2) is 29.5 Å². The number of nitrogens with zero attached hydrogens (tertiary/aromatic N) is 2. The van der Waals surface area contributed by atoms with E-state index >= 15 is 0 Å².